The minimum Gasteiger partial charge on any atom is -0.411 e. The van der Waals surface area contributed by atoms with E-state index in [4.69, 9.17) is 20.7 Å². The molecule has 0 spiro atoms. The Morgan fingerprint density at radius 2 is 1.90 bits per heavy atom. The molecular formula is C24H25N5O. The lowest BCUT2D eigenvalue weighted by Gasteiger charge is -2.34. The number of rotatable bonds is 6. The first-order valence-electron chi connectivity index (χ1n) is 10.4. The number of fused-ring (bicyclic) bond motifs is 2. The maximum absolute atomic E-state index is 5.54. The lowest BCUT2D eigenvalue weighted by Crippen LogP contribution is -2.32. The fourth-order valence-corrected chi connectivity index (χ4v) is 4.46. The van der Waals surface area contributed by atoms with Gasteiger partial charge in [0.05, 0.1) is 29.3 Å². The van der Waals surface area contributed by atoms with E-state index in [2.05, 4.69) is 28.1 Å². The summed E-state index contributed by atoms with van der Waals surface area (Å²) in [5.41, 5.74) is 5.61. The molecular weight excluding hydrogens is 374 g/mol. The molecule has 1 unspecified atom stereocenters. The smallest absolute Gasteiger partial charge is 0.151 e. The van der Waals surface area contributed by atoms with Crippen molar-refractivity contribution in [3.63, 3.8) is 0 Å². The number of aromatic nitrogens is 3. The normalized spacial score (nSPS) is 16.0. The molecule has 4 aromatic rings. The van der Waals surface area contributed by atoms with Crippen molar-refractivity contribution in [2.75, 3.05) is 0 Å². The molecule has 152 valence electrons. The van der Waals surface area contributed by atoms with Crippen LogP contribution in [0.15, 0.2) is 66.9 Å². The van der Waals surface area contributed by atoms with Gasteiger partial charge in [0.25, 0.3) is 0 Å². The number of imidazole rings is 1. The third-order valence-corrected chi connectivity index (χ3v) is 5.87. The van der Waals surface area contributed by atoms with Crippen LogP contribution in [0.2, 0.25) is 0 Å². The molecule has 2 aromatic carbocycles. The van der Waals surface area contributed by atoms with E-state index >= 15 is 0 Å². The highest BCUT2D eigenvalue weighted by Gasteiger charge is 2.28. The Hall–Kier alpha value is -3.22. The Labute approximate surface area is 175 Å². The zero-order chi connectivity index (χ0) is 20.3. The number of H-pyrrole nitrogens is 1. The zero-order valence-electron chi connectivity index (χ0n) is 16.8. The molecule has 3 N–H and O–H groups in total. The number of nitrogens with one attached hydrogen (secondary N) is 1. The average molecular weight is 399 g/mol. The third-order valence-electron chi connectivity index (χ3n) is 5.87. The molecule has 0 fully saturated rings. The minimum absolute atomic E-state index is 0.217. The lowest BCUT2D eigenvalue weighted by atomic mass is 9.90. The zero-order valence-corrected chi connectivity index (χ0v) is 16.8. The topological polar surface area (TPSA) is 80.1 Å². The van der Waals surface area contributed by atoms with Gasteiger partial charge in [-0.15, -0.1) is 0 Å². The van der Waals surface area contributed by atoms with Crippen LogP contribution in [0, 0.1) is 0 Å². The van der Waals surface area contributed by atoms with Gasteiger partial charge < -0.3 is 9.82 Å². The molecule has 0 bridgehead atoms. The summed E-state index contributed by atoms with van der Waals surface area (Å²) in [7, 11) is 0. The van der Waals surface area contributed by atoms with Crippen molar-refractivity contribution < 1.29 is 4.84 Å². The molecule has 0 radical (unpaired) electrons. The lowest BCUT2D eigenvalue weighted by molar-refractivity contribution is 0.151. The molecule has 30 heavy (non-hydrogen) atoms. The van der Waals surface area contributed by atoms with Crippen LogP contribution in [-0.2, 0) is 19.5 Å². The quantitative estimate of drug-likeness (QED) is 0.473. The first-order valence-corrected chi connectivity index (χ1v) is 10.4. The monoisotopic (exact) mass is 399 g/mol. The number of aryl methyl sites for hydroxylation is 1. The van der Waals surface area contributed by atoms with Crippen molar-refractivity contribution in [3.05, 3.63) is 89.5 Å². The van der Waals surface area contributed by atoms with E-state index in [0.29, 0.717) is 18.8 Å². The van der Waals surface area contributed by atoms with Crippen LogP contribution >= 0.6 is 0 Å². The first-order chi connectivity index (χ1) is 14.8. The van der Waals surface area contributed by atoms with Crippen LogP contribution in [0.4, 0.5) is 0 Å². The van der Waals surface area contributed by atoms with Gasteiger partial charge in [-0.2, -0.15) is 5.90 Å². The maximum Gasteiger partial charge on any atom is 0.151 e. The second-order valence-electron chi connectivity index (χ2n) is 7.79. The Kier molecular flexibility index (Phi) is 5.17. The van der Waals surface area contributed by atoms with E-state index in [1.807, 2.05) is 48.7 Å². The van der Waals surface area contributed by atoms with Crippen LogP contribution in [0.3, 0.4) is 0 Å². The van der Waals surface area contributed by atoms with E-state index in [-0.39, 0.29) is 6.04 Å². The van der Waals surface area contributed by atoms with Gasteiger partial charge in [0.1, 0.15) is 5.82 Å². The number of hydrogen-bond acceptors (Lipinski definition) is 5. The number of nitrogens with zero attached hydrogens (tertiary/aromatic N) is 3. The predicted octanol–water partition coefficient (Wildman–Crippen LogP) is 4.29. The molecule has 0 amide bonds. The van der Waals surface area contributed by atoms with Gasteiger partial charge in [0, 0.05) is 18.3 Å². The molecule has 1 aliphatic carbocycles. The highest BCUT2D eigenvalue weighted by molar-refractivity contribution is 5.74. The molecule has 2 aromatic heterocycles. The molecule has 2 heterocycles. The Morgan fingerprint density at radius 1 is 1.03 bits per heavy atom. The van der Waals surface area contributed by atoms with Gasteiger partial charge in [0.15, 0.2) is 5.75 Å². The van der Waals surface area contributed by atoms with Gasteiger partial charge in [-0.25, -0.2) is 4.98 Å². The number of para-hydroxylation sites is 3. The molecule has 1 aliphatic rings. The van der Waals surface area contributed by atoms with Crippen LogP contribution in [-0.4, -0.2) is 19.9 Å². The van der Waals surface area contributed by atoms with Gasteiger partial charge in [-0.1, -0.05) is 36.4 Å². The van der Waals surface area contributed by atoms with Gasteiger partial charge in [-0.05, 0) is 49.1 Å². The van der Waals surface area contributed by atoms with Crippen molar-refractivity contribution in [3.8, 4) is 5.75 Å². The summed E-state index contributed by atoms with van der Waals surface area (Å²) in [4.78, 5) is 20.6. The Bertz CT molecular complexity index is 1120. The number of aromatic amines is 1. The second kappa shape index (κ2) is 8.26. The summed E-state index contributed by atoms with van der Waals surface area (Å²) >= 11 is 0. The molecule has 5 rings (SSSR count). The Morgan fingerprint density at radius 3 is 2.80 bits per heavy atom. The minimum atomic E-state index is 0.217. The van der Waals surface area contributed by atoms with E-state index in [1.54, 1.807) is 0 Å². The fraction of sp³-hybridized carbons (Fsp3) is 0.250. The second-order valence-corrected chi connectivity index (χ2v) is 7.79. The molecule has 1 atom stereocenters. The standard InChI is InChI=1S/C24H25N5O/c25-30-22-13-4-1-7-18(22)15-29(16-23-27-19-10-2-3-11-20(19)28-23)21-12-5-8-17-9-6-14-26-24(17)21/h1-4,6-7,9-11,13-14,21H,5,8,12,15-16,25H2,(H,27,28). The number of pyridine rings is 1. The highest BCUT2D eigenvalue weighted by Crippen LogP contribution is 2.35. The van der Waals surface area contributed by atoms with Crippen LogP contribution in [0.25, 0.3) is 11.0 Å². The molecule has 0 aliphatic heterocycles. The highest BCUT2D eigenvalue weighted by atomic mass is 16.6. The largest absolute Gasteiger partial charge is 0.411 e. The van der Waals surface area contributed by atoms with E-state index < -0.39 is 0 Å². The third kappa shape index (κ3) is 3.67. The van der Waals surface area contributed by atoms with Gasteiger partial charge in [-0.3, -0.25) is 9.88 Å². The van der Waals surface area contributed by atoms with E-state index in [0.717, 1.165) is 41.7 Å². The number of nitrogens with two attached hydrogens (primary N) is 1. The maximum atomic E-state index is 5.54. The van der Waals surface area contributed by atoms with Crippen molar-refractivity contribution >= 4 is 11.0 Å². The Balaban J connectivity index is 1.52. The molecule has 6 heteroatoms. The number of benzene rings is 2. The summed E-state index contributed by atoms with van der Waals surface area (Å²) in [5.74, 6) is 7.18. The summed E-state index contributed by atoms with van der Waals surface area (Å²) in [6, 6.07) is 20.5. The van der Waals surface area contributed by atoms with Gasteiger partial charge in [0.2, 0.25) is 0 Å². The van der Waals surface area contributed by atoms with Crippen molar-refractivity contribution in [2.24, 2.45) is 5.90 Å². The summed E-state index contributed by atoms with van der Waals surface area (Å²) in [6.07, 6.45) is 5.19. The summed E-state index contributed by atoms with van der Waals surface area (Å²) < 4.78 is 0. The summed E-state index contributed by atoms with van der Waals surface area (Å²) in [6.45, 7) is 1.39. The predicted molar refractivity (Wildman–Crippen MR) is 117 cm³/mol. The number of hydrogen-bond donors (Lipinski definition) is 2. The average Bonchev–Trinajstić information content (AvgIpc) is 3.21. The van der Waals surface area contributed by atoms with Crippen molar-refractivity contribution in [1.29, 1.82) is 0 Å². The van der Waals surface area contributed by atoms with Crippen LogP contribution < -0.4 is 10.7 Å². The van der Waals surface area contributed by atoms with Crippen molar-refractivity contribution in [2.45, 2.75) is 38.4 Å². The first kappa shape index (κ1) is 18.8. The molecule has 0 saturated heterocycles. The van der Waals surface area contributed by atoms with Crippen molar-refractivity contribution in [1.82, 2.24) is 19.9 Å². The van der Waals surface area contributed by atoms with E-state index in [9.17, 15) is 0 Å². The van der Waals surface area contributed by atoms with Crippen LogP contribution in [0.1, 0.15) is 41.5 Å². The summed E-state index contributed by atoms with van der Waals surface area (Å²) in [5, 5.41) is 0. The fourth-order valence-electron chi connectivity index (χ4n) is 4.46. The van der Waals surface area contributed by atoms with E-state index in [1.165, 1.54) is 11.3 Å². The molecule has 0 saturated carbocycles. The molecule has 6 nitrogen and oxygen atoms in total. The van der Waals surface area contributed by atoms with Gasteiger partial charge >= 0.3 is 0 Å². The SMILES string of the molecule is NOc1ccccc1CN(Cc1nc2ccccc2[nH]1)C1CCCc2cccnc21. The van der Waals surface area contributed by atoms with Crippen LogP contribution in [0.5, 0.6) is 5.75 Å².